The first-order chi connectivity index (χ1) is 3.50. The Balaban J connectivity index is 3.91. The molecule has 0 nitrogen and oxygen atoms in total. The van der Waals surface area contributed by atoms with Crippen LogP contribution < -0.4 is 0 Å². The third kappa shape index (κ3) is 1.82. The Labute approximate surface area is 55.4 Å². The van der Waals surface area contributed by atoms with Crippen molar-refractivity contribution in [1.29, 1.82) is 0 Å². The van der Waals surface area contributed by atoms with Gasteiger partial charge in [-0.25, -0.2) is 0 Å². The minimum atomic E-state index is 0.409. The highest BCUT2D eigenvalue weighted by molar-refractivity contribution is 6.21. The lowest BCUT2D eigenvalue weighted by atomic mass is 9.90. The predicted molar refractivity (Wildman–Crippen MR) is 43.2 cm³/mol. The normalized spacial score (nSPS) is 11.9. The molecule has 0 fully saturated rings. The Morgan fingerprint density at radius 3 is 2.00 bits per heavy atom. The summed E-state index contributed by atoms with van der Waals surface area (Å²) in [4.78, 5) is 0. The molecule has 48 valence electrons. The minimum Gasteiger partial charge on any atom is -0.104 e. The Kier molecular flexibility index (Phi) is 2.48. The monoisotopic (exact) mass is 128 g/mol. The molecule has 0 aliphatic carbocycles. The van der Waals surface area contributed by atoms with Gasteiger partial charge in [-0.1, -0.05) is 26.0 Å². The first kappa shape index (κ1) is 7.96. The maximum Gasteiger partial charge on any atom is 0.0332 e. The van der Waals surface area contributed by atoms with Crippen LogP contribution in [-0.2, 0) is 0 Å². The molecule has 0 heterocycles. The molecule has 0 spiro atoms. The highest BCUT2D eigenvalue weighted by atomic mass is 28.1. The smallest absolute Gasteiger partial charge is 0.0332 e. The second-order valence-electron chi connectivity index (χ2n) is 3.02. The van der Waals surface area contributed by atoms with E-state index in [0.29, 0.717) is 5.41 Å². The molecule has 0 rings (SSSR count). The van der Waals surface area contributed by atoms with Gasteiger partial charge in [0.05, 0.1) is 0 Å². The quantitative estimate of drug-likeness (QED) is 0.492. The van der Waals surface area contributed by atoms with Crippen molar-refractivity contribution in [3.05, 3.63) is 11.8 Å². The molecule has 0 radical (unpaired) electrons. The lowest BCUT2D eigenvalue weighted by Crippen LogP contribution is -2.11. The number of allylic oxidation sites excluding steroid dienone is 1. The van der Waals surface area contributed by atoms with Crippen molar-refractivity contribution in [2.24, 2.45) is 5.41 Å². The molecule has 0 atom stereocenters. The fourth-order valence-corrected chi connectivity index (χ4v) is 0.655. The van der Waals surface area contributed by atoms with Crippen molar-refractivity contribution in [2.75, 3.05) is 0 Å². The first-order valence-corrected chi connectivity index (χ1v) is 4.16. The van der Waals surface area contributed by atoms with Crippen LogP contribution in [-0.4, -0.2) is 10.2 Å². The van der Waals surface area contributed by atoms with Crippen LogP contribution in [0.25, 0.3) is 0 Å². The minimum absolute atomic E-state index is 0.409. The van der Waals surface area contributed by atoms with E-state index in [1.54, 1.807) is 0 Å². The third-order valence-electron chi connectivity index (χ3n) is 2.04. The second-order valence-corrected chi connectivity index (χ2v) is 4.22. The van der Waals surface area contributed by atoms with Crippen LogP contribution in [0.4, 0.5) is 0 Å². The zero-order chi connectivity index (χ0) is 6.78. The van der Waals surface area contributed by atoms with Gasteiger partial charge < -0.3 is 0 Å². The molecule has 0 aliphatic heterocycles. The molecule has 0 bridgehead atoms. The summed E-state index contributed by atoms with van der Waals surface area (Å²) in [6.45, 7) is 10.7. The van der Waals surface area contributed by atoms with Crippen molar-refractivity contribution in [3.63, 3.8) is 0 Å². The summed E-state index contributed by atoms with van der Waals surface area (Å²) in [7, 11) is 1.14. The second kappa shape index (κ2) is 2.49. The van der Waals surface area contributed by atoms with E-state index >= 15 is 0 Å². The molecule has 8 heavy (non-hydrogen) atoms. The number of rotatable bonds is 2. The molecule has 1 heteroatoms. The van der Waals surface area contributed by atoms with Gasteiger partial charge in [0.1, 0.15) is 0 Å². The number of hydrogen-bond donors (Lipinski definition) is 0. The molecule has 0 amide bonds. The molecule has 0 saturated carbocycles. The van der Waals surface area contributed by atoms with Crippen LogP contribution in [0.2, 0.25) is 0 Å². The largest absolute Gasteiger partial charge is 0.104 e. The van der Waals surface area contributed by atoms with Crippen molar-refractivity contribution in [3.8, 4) is 0 Å². The zero-order valence-electron chi connectivity index (χ0n) is 6.41. The van der Waals surface area contributed by atoms with Gasteiger partial charge >= 0.3 is 0 Å². The lowest BCUT2D eigenvalue weighted by Gasteiger charge is -2.22. The molecule has 0 unspecified atom stereocenters. The Morgan fingerprint density at radius 2 is 2.00 bits per heavy atom. The first-order valence-electron chi connectivity index (χ1n) is 3.16. The molecule has 0 aliphatic rings. The van der Waals surface area contributed by atoms with Gasteiger partial charge in [0.2, 0.25) is 0 Å². The average Bonchev–Trinajstić information content (AvgIpc) is 1.67. The van der Waals surface area contributed by atoms with E-state index in [9.17, 15) is 0 Å². The van der Waals surface area contributed by atoms with Crippen LogP contribution >= 0.6 is 0 Å². The number of hydrogen-bond acceptors (Lipinski definition) is 0. The predicted octanol–water partition coefficient (Wildman–Crippen LogP) is 1.30. The maximum atomic E-state index is 3.96. The topological polar surface area (TPSA) is 0 Å². The summed E-state index contributed by atoms with van der Waals surface area (Å²) in [6, 6.07) is 0. The van der Waals surface area contributed by atoms with E-state index < -0.39 is 0 Å². The van der Waals surface area contributed by atoms with Crippen LogP contribution in [0.5, 0.6) is 0 Å². The van der Waals surface area contributed by atoms with Crippen LogP contribution in [0.3, 0.4) is 0 Å². The Hall–Kier alpha value is -0.0431. The van der Waals surface area contributed by atoms with Crippen molar-refractivity contribution >= 4 is 10.2 Å². The van der Waals surface area contributed by atoms with E-state index in [2.05, 4.69) is 27.4 Å². The zero-order valence-corrected chi connectivity index (χ0v) is 8.41. The molecule has 0 aromatic heterocycles. The van der Waals surface area contributed by atoms with Gasteiger partial charge in [-0.15, -0.1) is 6.58 Å². The van der Waals surface area contributed by atoms with Gasteiger partial charge in [0.15, 0.2) is 0 Å². The van der Waals surface area contributed by atoms with Crippen LogP contribution in [0, 0.1) is 5.41 Å². The summed E-state index contributed by atoms with van der Waals surface area (Å²) in [5.41, 5.74) is 0.409. The lowest BCUT2D eigenvalue weighted by molar-refractivity contribution is 0.452. The van der Waals surface area contributed by atoms with Gasteiger partial charge in [-0.3, -0.25) is 0 Å². The SMILES string of the molecule is C=C([SiH3])C(C)(C)CC. The molecule has 0 N–H and O–H groups in total. The summed E-state index contributed by atoms with van der Waals surface area (Å²) >= 11 is 0. The van der Waals surface area contributed by atoms with Crippen molar-refractivity contribution in [1.82, 2.24) is 0 Å². The fraction of sp³-hybridized carbons (Fsp3) is 0.714. The summed E-state index contributed by atoms with van der Waals surface area (Å²) < 4.78 is 0. The van der Waals surface area contributed by atoms with E-state index in [-0.39, 0.29) is 0 Å². The Bertz CT molecular complexity index is 92.6. The fourth-order valence-electron chi connectivity index (χ4n) is 0.302. The summed E-state index contributed by atoms with van der Waals surface area (Å²) in [5.74, 6) is 0. The third-order valence-corrected chi connectivity index (χ3v) is 3.39. The average molecular weight is 128 g/mol. The highest BCUT2D eigenvalue weighted by Gasteiger charge is 2.13. The molecular weight excluding hydrogens is 112 g/mol. The van der Waals surface area contributed by atoms with Crippen molar-refractivity contribution in [2.45, 2.75) is 27.2 Å². The van der Waals surface area contributed by atoms with E-state index in [1.807, 2.05) is 0 Å². The maximum absolute atomic E-state index is 3.96. The van der Waals surface area contributed by atoms with E-state index in [0.717, 1.165) is 10.2 Å². The van der Waals surface area contributed by atoms with E-state index in [1.165, 1.54) is 11.6 Å². The highest BCUT2D eigenvalue weighted by Crippen LogP contribution is 2.25. The van der Waals surface area contributed by atoms with Crippen LogP contribution in [0.1, 0.15) is 27.2 Å². The summed E-state index contributed by atoms with van der Waals surface area (Å²) in [6.07, 6.45) is 1.22. The molecular formula is C7H16Si. The summed E-state index contributed by atoms with van der Waals surface area (Å²) in [5, 5.41) is 1.42. The van der Waals surface area contributed by atoms with Gasteiger partial charge in [-0.2, -0.15) is 0 Å². The van der Waals surface area contributed by atoms with Gasteiger partial charge in [0, 0.05) is 10.2 Å². The molecule has 0 aromatic carbocycles. The Morgan fingerprint density at radius 1 is 1.62 bits per heavy atom. The molecule has 0 saturated heterocycles. The molecule has 0 aromatic rings. The standard InChI is InChI=1S/C7H16Si/c1-5-7(3,4)6(2)8/h2,5H2,1,3-4,8H3. The van der Waals surface area contributed by atoms with E-state index in [4.69, 9.17) is 0 Å². The van der Waals surface area contributed by atoms with Crippen LogP contribution in [0.15, 0.2) is 11.8 Å². The van der Waals surface area contributed by atoms with Gasteiger partial charge in [-0.05, 0) is 11.8 Å². The van der Waals surface area contributed by atoms with Crippen molar-refractivity contribution < 1.29 is 0 Å². The van der Waals surface area contributed by atoms with Gasteiger partial charge in [0.25, 0.3) is 0 Å².